The first-order chi connectivity index (χ1) is 6.75. The lowest BCUT2D eigenvalue weighted by molar-refractivity contribution is -0.137. The monoisotopic (exact) mass is 254 g/mol. The zero-order valence-corrected chi connectivity index (χ0v) is 9.40. The average molecular weight is 255 g/mol. The van der Waals surface area contributed by atoms with Gasteiger partial charge in [-0.1, -0.05) is 52.3 Å². The van der Waals surface area contributed by atoms with Crippen molar-refractivity contribution in [3.8, 4) is 0 Å². The quantitative estimate of drug-likeness (QED) is 0.471. The Morgan fingerprint density at radius 2 is 2.07 bits per heavy atom. The molecule has 0 amide bonds. The van der Waals surface area contributed by atoms with Crippen LogP contribution in [0, 0.1) is 0 Å². The van der Waals surface area contributed by atoms with Crippen LogP contribution >= 0.6 is 15.9 Å². The van der Waals surface area contributed by atoms with Crippen molar-refractivity contribution in [2.75, 3.05) is 0 Å². The summed E-state index contributed by atoms with van der Waals surface area (Å²) in [4.78, 5) is 11.0. The van der Waals surface area contributed by atoms with E-state index >= 15 is 0 Å². The Kier molecular flexibility index (Phi) is 4.40. The standard InChI is InChI=1S/C11H11BrO2/c1-2-8-14-11(13)10(12)9-6-4-3-5-7-9/h2-8,10H,1H3. The lowest BCUT2D eigenvalue weighted by atomic mass is 10.1. The number of carbonyl (C=O) groups excluding carboxylic acids is 1. The predicted octanol–water partition coefficient (Wildman–Crippen LogP) is 3.20. The van der Waals surface area contributed by atoms with Crippen molar-refractivity contribution >= 4 is 21.9 Å². The van der Waals surface area contributed by atoms with Crippen LogP contribution in [0.5, 0.6) is 0 Å². The topological polar surface area (TPSA) is 26.3 Å². The molecule has 0 radical (unpaired) electrons. The van der Waals surface area contributed by atoms with E-state index in [0.717, 1.165) is 5.56 Å². The number of esters is 1. The fraction of sp³-hybridized carbons (Fsp3) is 0.182. The van der Waals surface area contributed by atoms with Crippen molar-refractivity contribution in [3.05, 3.63) is 48.2 Å². The second-order valence-electron chi connectivity index (χ2n) is 2.68. The van der Waals surface area contributed by atoms with Crippen LogP contribution in [-0.2, 0) is 9.53 Å². The fourth-order valence-corrected chi connectivity index (χ4v) is 1.37. The van der Waals surface area contributed by atoms with Crippen LogP contribution in [0.25, 0.3) is 0 Å². The number of halogens is 1. The highest BCUT2D eigenvalue weighted by atomic mass is 79.9. The summed E-state index contributed by atoms with van der Waals surface area (Å²) in [5.41, 5.74) is 0.891. The number of hydrogen-bond acceptors (Lipinski definition) is 2. The molecule has 0 aliphatic rings. The highest BCUT2D eigenvalue weighted by molar-refractivity contribution is 9.09. The Morgan fingerprint density at radius 3 is 2.64 bits per heavy atom. The van der Waals surface area contributed by atoms with E-state index < -0.39 is 4.83 Å². The van der Waals surface area contributed by atoms with E-state index in [9.17, 15) is 4.79 Å². The molecule has 3 heteroatoms. The van der Waals surface area contributed by atoms with Crippen LogP contribution < -0.4 is 0 Å². The van der Waals surface area contributed by atoms with Crippen LogP contribution in [0.15, 0.2) is 42.7 Å². The molecule has 14 heavy (non-hydrogen) atoms. The van der Waals surface area contributed by atoms with Crippen LogP contribution in [0.3, 0.4) is 0 Å². The Bertz CT molecular complexity index is 319. The maximum absolute atomic E-state index is 11.4. The van der Waals surface area contributed by atoms with E-state index in [1.165, 1.54) is 6.26 Å². The van der Waals surface area contributed by atoms with Crippen LogP contribution in [0.4, 0.5) is 0 Å². The predicted molar refractivity (Wildman–Crippen MR) is 59.0 cm³/mol. The largest absolute Gasteiger partial charge is 0.434 e. The van der Waals surface area contributed by atoms with Gasteiger partial charge in [-0.15, -0.1) is 0 Å². The number of benzene rings is 1. The summed E-state index contributed by atoms with van der Waals surface area (Å²) in [6.07, 6.45) is 3.04. The molecule has 1 atom stereocenters. The Morgan fingerprint density at radius 1 is 1.43 bits per heavy atom. The van der Waals surface area contributed by atoms with Gasteiger partial charge < -0.3 is 4.74 Å². The van der Waals surface area contributed by atoms with Gasteiger partial charge in [0.05, 0.1) is 6.26 Å². The Balaban J connectivity index is 2.66. The summed E-state index contributed by atoms with van der Waals surface area (Å²) in [7, 11) is 0. The molecular weight excluding hydrogens is 244 g/mol. The average Bonchev–Trinajstić information content (AvgIpc) is 2.26. The molecular formula is C11H11BrO2. The molecule has 1 rings (SSSR count). The zero-order chi connectivity index (χ0) is 10.4. The van der Waals surface area contributed by atoms with Gasteiger partial charge >= 0.3 is 5.97 Å². The van der Waals surface area contributed by atoms with E-state index in [0.29, 0.717) is 0 Å². The fourth-order valence-electron chi connectivity index (χ4n) is 0.953. The summed E-state index contributed by atoms with van der Waals surface area (Å²) in [6.45, 7) is 1.79. The molecule has 0 aromatic heterocycles. The molecule has 2 nitrogen and oxygen atoms in total. The number of carbonyl (C=O) groups is 1. The minimum Gasteiger partial charge on any atom is -0.434 e. The van der Waals surface area contributed by atoms with E-state index in [2.05, 4.69) is 15.9 Å². The molecule has 0 heterocycles. The highest BCUT2D eigenvalue weighted by Crippen LogP contribution is 2.23. The molecule has 1 unspecified atom stereocenters. The molecule has 0 spiro atoms. The molecule has 0 aliphatic heterocycles. The Hall–Kier alpha value is -1.09. The maximum atomic E-state index is 11.4. The summed E-state index contributed by atoms with van der Waals surface area (Å²) >= 11 is 3.27. The molecule has 0 saturated carbocycles. The van der Waals surface area contributed by atoms with E-state index in [1.807, 2.05) is 30.3 Å². The molecule has 0 saturated heterocycles. The van der Waals surface area contributed by atoms with E-state index in [1.54, 1.807) is 13.0 Å². The van der Waals surface area contributed by atoms with Gasteiger partial charge in [0.2, 0.25) is 0 Å². The number of rotatable bonds is 3. The van der Waals surface area contributed by atoms with Gasteiger partial charge in [0.1, 0.15) is 4.83 Å². The van der Waals surface area contributed by atoms with E-state index in [-0.39, 0.29) is 5.97 Å². The van der Waals surface area contributed by atoms with E-state index in [4.69, 9.17) is 4.74 Å². The molecule has 0 fully saturated rings. The molecule has 1 aromatic rings. The second-order valence-corrected chi connectivity index (χ2v) is 3.60. The third-order valence-electron chi connectivity index (χ3n) is 1.62. The normalized spacial score (nSPS) is 12.7. The first kappa shape index (κ1) is 11.0. The minimum absolute atomic E-state index is 0.311. The van der Waals surface area contributed by atoms with Gasteiger partial charge in [-0.3, -0.25) is 4.79 Å². The molecule has 1 aromatic carbocycles. The van der Waals surface area contributed by atoms with Gasteiger partial charge in [0.25, 0.3) is 0 Å². The summed E-state index contributed by atoms with van der Waals surface area (Å²) in [5.74, 6) is -0.311. The van der Waals surface area contributed by atoms with Gasteiger partial charge in [0, 0.05) is 0 Å². The molecule has 0 aliphatic carbocycles. The summed E-state index contributed by atoms with van der Waals surface area (Å²) in [6, 6.07) is 9.41. The molecule has 0 N–H and O–H groups in total. The number of ether oxygens (including phenoxy) is 1. The van der Waals surface area contributed by atoms with Gasteiger partial charge in [0.15, 0.2) is 0 Å². The third kappa shape index (κ3) is 3.00. The lowest BCUT2D eigenvalue weighted by Crippen LogP contribution is -2.07. The first-order valence-corrected chi connectivity index (χ1v) is 5.18. The van der Waals surface area contributed by atoms with Crippen molar-refractivity contribution in [2.45, 2.75) is 11.8 Å². The first-order valence-electron chi connectivity index (χ1n) is 4.26. The highest BCUT2D eigenvalue weighted by Gasteiger charge is 2.17. The third-order valence-corrected chi connectivity index (χ3v) is 2.52. The SMILES string of the molecule is CC=COC(=O)C(Br)c1ccccc1. The molecule has 0 bridgehead atoms. The summed E-state index contributed by atoms with van der Waals surface area (Å²) in [5, 5.41) is 0. The van der Waals surface area contributed by atoms with Gasteiger partial charge in [-0.05, 0) is 12.5 Å². The van der Waals surface area contributed by atoms with Crippen molar-refractivity contribution < 1.29 is 9.53 Å². The molecule has 74 valence electrons. The zero-order valence-electron chi connectivity index (χ0n) is 7.81. The number of alkyl halides is 1. The van der Waals surface area contributed by atoms with Crippen LogP contribution in [-0.4, -0.2) is 5.97 Å². The summed E-state index contributed by atoms with van der Waals surface area (Å²) < 4.78 is 4.84. The second kappa shape index (κ2) is 5.60. The van der Waals surface area contributed by atoms with Gasteiger partial charge in [-0.25, -0.2) is 0 Å². The van der Waals surface area contributed by atoms with Crippen molar-refractivity contribution in [1.29, 1.82) is 0 Å². The van der Waals surface area contributed by atoms with Gasteiger partial charge in [-0.2, -0.15) is 0 Å². The number of hydrogen-bond donors (Lipinski definition) is 0. The van der Waals surface area contributed by atoms with Crippen molar-refractivity contribution in [1.82, 2.24) is 0 Å². The van der Waals surface area contributed by atoms with Crippen LogP contribution in [0.1, 0.15) is 17.3 Å². The number of allylic oxidation sites excluding steroid dienone is 1. The van der Waals surface area contributed by atoms with Crippen molar-refractivity contribution in [3.63, 3.8) is 0 Å². The lowest BCUT2D eigenvalue weighted by Gasteiger charge is -2.06. The van der Waals surface area contributed by atoms with Crippen molar-refractivity contribution in [2.24, 2.45) is 0 Å². The minimum atomic E-state index is -0.403. The maximum Gasteiger partial charge on any atom is 0.329 e. The smallest absolute Gasteiger partial charge is 0.329 e. The van der Waals surface area contributed by atoms with Crippen LogP contribution in [0.2, 0.25) is 0 Å². The Labute approximate surface area is 91.7 Å².